The summed E-state index contributed by atoms with van der Waals surface area (Å²) in [5.41, 5.74) is 1.89. The first kappa shape index (κ1) is 22.1. The Morgan fingerprint density at radius 1 is 1.29 bits per heavy atom. The van der Waals surface area contributed by atoms with Gasteiger partial charge in [-0.25, -0.2) is 4.98 Å². The van der Waals surface area contributed by atoms with Gasteiger partial charge in [0.1, 0.15) is 5.75 Å². The first-order chi connectivity index (χ1) is 15.0. The van der Waals surface area contributed by atoms with E-state index in [1.165, 1.54) is 16.2 Å². The van der Waals surface area contributed by atoms with Gasteiger partial charge in [0.15, 0.2) is 5.13 Å². The quantitative estimate of drug-likeness (QED) is 0.415. The smallest absolute Gasteiger partial charge is 0.233 e. The molecular weight excluding hydrogens is 428 g/mol. The second-order valence-corrected chi connectivity index (χ2v) is 10.6. The van der Waals surface area contributed by atoms with Crippen LogP contribution in [0.25, 0.3) is 10.2 Å². The molecule has 1 fully saturated rings. The van der Waals surface area contributed by atoms with E-state index >= 15 is 0 Å². The van der Waals surface area contributed by atoms with Crippen molar-refractivity contribution in [3.63, 3.8) is 0 Å². The Bertz CT molecular complexity index is 1030. The number of ether oxygens (including phenoxy) is 2. The van der Waals surface area contributed by atoms with Crippen LogP contribution >= 0.6 is 23.1 Å². The zero-order chi connectivity index (χ0) is 21.8. The average Bonchev–Trinajstić information content (AvgIpc) is 3.41. The molecule has 1 atom stereocenters. The molecule has 2 heterocycles. The van der Waals surface area contributed by atoms with Gasteiger partial charge in [-0.05, 0) is 48.7 Å². The second kappa shape index (κ2) is 10.0. The predicted octanol–water partition coefficient (Wildman–Crippen LogP) is 5.56. The fourth-order valence-corrected chi connectivity index (χ4v) is 5.50. The number of carbonyl (C=O) groups is 1. The molecule has 7 heteroatoms. The number of rotatable bonds is 8. The van der Waals surface area contributed by atoms with Crippen LogP contribution in [0.2, 0.25) is 0 Å². The van der Waals surface area contributed by atoms with Crippen LogP contribution in [0.15, 0.2) is 47.4 Å². The highest BCUT2D eigenvalue weighted by Crippen LogP contribution is 2.33. The second-order valence-electron chi connectivity index (χ2n) is 7.96. The van der Waals surface area contributed by atoms with Gasteiger partial charge in [-0.2, -0.15) is 0 Å². The van der Waals surface area contributed by atoms with E-state index in [4.69, 9.17) is 14.5 Å². The number of thioether (sulfide) groups is 1. The molecule has 2 aromatic carbocycles. The summed E-state index contributed by atoms with van der Waals surface area (Å²) in [5, 5.41) is 1.25. The van der Waals surface area contributed by atoms with Crippen LogP contribution in [0.1, 0.15) is 32.3 Å². The number of anilines is 1. The number of aromatic nitrogens is 1. The van der Waals surface area contributed by atoms with Crippen LogP contribution in [-0.4, -0.2) is 42.5 Å². The summed E-state index contributed by atoms with van der Waals surface area (Å²) in [7, 11) is 1.65. The molecule has 0 saturated carbocycles. The van der Waals surface area contributed by atoms with E-state index in [-0.39, 0.29) is 12.0 Å². The van der Waals surface area contributed by atoms with Crippen molar-refractivity contribution in [2.45, 2.75) is 49.4 Å². The maximum absolute atomic E-state index is 13.4. The molecule has 1 aliphatic heterocycles. The molecule has 1 aliphatic rings. The molecule has 164 valence electrons. The van der Waals surface area contributed by atoms with Crippen molar-refractivity contribution in [2.24, 2.45) is 0 Å². The van der Waals surface area contributed by atoms with Crippen LogP contribution in [0.3, 0.4) is 0 Å². The van der Waals surface area contributed by atoms with Crippen LogP contribution < -0.4 is 9.64 Å². The third-order valence-corrected chi connectivity index (χ3v) is 7.23. The lowest BCUT2D eigenvalue weighted by molar-refractivity contribution is -0.118. The summed E-state index contributed by atoms with van der Waals surface area (Å²) in [5.74, 6) is 0.838. The predicted molar refractivity (Wildman–Crippen MR) is 129 cm³/mol. The Hall–Kier alpha value is -2.09. The highest BCUT2D eigenvalue weighted by molar-refractivity contribution is 7.99. The van der Waals surface area contributed by atoms with E-state index in [1.807, 2.05) is 34.9 Å². The van der Waals surface area contributed by atoms with Crippen LogP contribution in [0.5, 0.6) is 5.75 Å². The van der Waals surface area contributed by atoms with Crippen molar-refractivity contribution in [1.82, 2.24) is 4.98 Å². The van der Waals surface area contributed by atoms with Crippen molar-refractivity contribution >= 4 is 44.4 Å². The molecule has 1 unspecified atom stereocenters. The number of thiazole rings is 1. The highest BCUT2D eigenvalue weighted by atomic mass is 32.2. The van der Waals surface area contributed by atoms with Crippen molar-refractivity contribution in [3.05, 3.63) is 48.0 Å². The Labute approximate surface area is 191 Å². The SMILES string of the molecule is COc1ccc2nc(N(CC3CCCO3)C(=O)Cc3ccc(SC(C)C)cc3)sc2c1. The minimum absolute atomic E-state index is 0.0470. The van der Waals surface area contributed by atoms with Crippen molar-refractivity contribution < 1.29 is 14.3 Å². The van der Waals surface area contributed by atoms with E-state index < -0.39 is 0 Å². The minimum Gasteiger partial charge on any atom is -0.497 e. The van der Waals surface area contributed by atoms with Gasteiger partial charge >= 0.3 is 0 Å². The number of methoxy groups -OCH3 is 1. The largest absolute Gasteiger partial charge is 0.497 e. The first-order valence-corrected chi connectivity index (χ1v) is 12.3. The lowest BCUT2D eigenvalue weighted by Crippen LogP contribution is -2.38. The maximum atomic E-state index is 13.4. The highest BCUT2D eigenvalue weighted by Gasteiger charge is 2.26. The summed E-state index contributed by atoms with van der Waals surface area (Å²) >= 11 is 3.35. The van der Waals surface area contributed by atoms with Gasteiger partial charge in [-0.3, -0.25) is 9.69 Å². The van der Waals surface area contributed by atoms with Crippen LogP contribution in [0, 0.1) is 0 Å². The molecule has 1 amide bonds. The van der Waals surface area contributed by atoms with Gasteiger partial charge in [0.25, 0.3) is 0 Å². The van der Waals surface area contributed by atoms with E-state index in [0.29, 0.717) is 18.2 Å². The summed E-state index contributed by atoms with van der Waals surface area (Å²) in [4.78, 5) is 21.2. The summed E-state index contributed by atoms with van der Waals surface area (Å²) in [6.07, 6.45) is 2.43. The Morgan fingerprint density at radius 2 is 2.10 bits per heavy atom. The number of nitrogens with zero attached hydrogens (tertiary/aromatic N) is 2. The van der Waals surface area contributed by atoms with Crippen molar-refractivity contribution in [2.75, 3.05) is 25.2 Å². The van der Waals surface area contributed by atoms with E-state index in [9.17, 15) is 4.79 Å². The Morgan fingerprint density at radius 3 is 2.77 bits per heavy atom. The molecule has 0 radical (unpaired) electrons. The third-order valence-electron chi connectivity index (χ3n) is 5.18. The van der Waals surface area contributed by atoms with Gasteiger partial charge in [0, 0.05) is 16.8 Å². The molecule has 0 N–H and O–H groups in total. The molecule has 5 nitrogen and oxygen atoms in total. The molecule has 1 aromatic heterocycles. The fraction of sp³-hybridized carbons (Fsp3) is 0.417. The van der Waals surface area contributed by atoms with Gasteiger partial charge in [-0.15, -0.1) is 11.8 Å². The van der Waals surface area contributed by atoms with Crippen LogP contribution in [0.4, 0.5) is 5.13 Å². The zero-order valence-electron chi connectivity index (χ0n) is 18.2. The summed E-state index contributed by atoms with van der Waals surface area (Å²) in [6.45, 7) is 5.66. The standard InChI is InChI=1S/C24H28N2O3S2/c1-16(2)30-20-9-6-17(7-10-20)13-23(27)26(15-19-5-4-12-29-19)24-25-21-11-8-18(28-3)14-22(21)31-24/h6-11,14,16,19H,4-5,12-13,15H2,1-3H3. The number of amides is 1. The molecule has 0 aliphatic carbocycles. The van der Waals surface area contributed by atoms with Crippen molar-refractivity contribution in [3.8, 4) is 5.75 Å². The molecule has 0 bridgehead atoms. The molecule has 1 saturated heterocycles. The lowest BCUT2D eigenvalue weighted by atomic mass is 10.1. The lowest BCUT2D eigenvalue weighted by Gasteiger charge is -2.23. The van der Waals surface area contributed by atoms with Gasteiger partial charge in [0.05, 0.1) is 36.4 Å². The van der Waals surface area contributed by atoms with Gasteiger partial charge in [0.2, 0.25) is 5.91 Å². The number of hydrogen-bond donors (Lipinski definition) is 0. The van der Waals surface area contributed by atoms with Gasteiger partial charge < -0.3 is 9.47 Å². The van der Waals surface area contributed by atoms with E-state index in [0.717, 1.165) is 46.1 Å². The Kier molecular flexibility index (Phi) is 7.15. The van der Waals surface area contributed by atoms with Crippen molar-refractivity contribution in [1.29, 1.82) is 0 Å². The molecular formula is C24H28N2O3S2. The summed E-state index contributed by atoms with van der Waals surface area (Å²) in [6, 6.07) is 14.1. The first-order valence-electron chi connectivity index (χ1n) is 10.6. The molecule has 3 aromatic rings. The van der Waals surface area contributed by atoms with Crippen LogP contribution in [-0.2, 0) is 16.0 Å². The number of hydrogen-bond acceptors (Lipinski definition) is 6. The fourth-order valence-electron chi connectivity index (χ4n) is 3.64. The molecule has 31 heavy (non-hydrogen) atoms. The number of carbonyl (C=O) groups excluding carboxylic acids is 1. The van der Waals surface area contributed by atoms with Gasteiger partial charge in [-0.1, -0.05) is 37.3 Å². The molecule has 0 spiro atoms. The number of benzene rings is 2. The zero-order valence-corrected chi connectivity index (χ0v) is 19.8. The monoisotopic (exact) mass is 456 g/mol. The number of fused-ring (bicyclic) bond motifs is 1. The molecule has 4 rings (SSSR count). The minimum atomic E-state index is 0.0470. The normalized spacial score (nSPS) is 16.2. The topological polar surface area (TPSA) is 51.7 Å². The Balaban J connectivity index is 1.56. The van der Waals surface area contributed by atoms with E-state index in [2.05, 4.69) is 38.1 Å². The van der Waals surface area contributed by atoms with E-state index in [1.54, 1.807) is 7.11 Å². The maximum Gasteiger partial charge on any atom is 0.233 e. The summed E-state index contributed by atoms with van der Waals surface area (Å²) < 4.78 is 12.2. The third kappa shape index (κ3) is 5.59. The average molecular weight is 457 g/mol.